The Morgan fingerprint density at radius 1 is 1.04 bits per heavy atom. The monoisotopic (exact) mass is 386 g/mol. The number of esters is 1. The molecule has 0 spiro atoms. The van der Waals surface area contributed by atoms with Gasteiger partial charge in [-0.1, -0.05) is 18.6 Å². The van der Waals surface area contributed by atoms with E-state index in [1.54, 1.807) is 12.1 Å². The highest BCUT2D eigenvalue weighted by Crippen LogP contribution is 2.21. The summed E-state index contributed by atoms with van der Waals surface area (Å²) in [6.07, 6.45) is 8.17. The van der Waals surface area contributed by atoms with Gasteiger partial charge in [0, 0.05) is 37.4 Å². The number of benzene rings is 1. The lowest BCUT2D eigenvalue weighted by atomic mass is 10.1. The summed E-state index contributed by atoms with van der Waals surface area (Å²) >= 11 is 0. The smallest absolute Gasteiger partial charge is 0.308 e. The minimum absolute atomic E-state index is 0.322. The maximum atomic E-state index is 11.0. The van der Waals surface area contributed by atoms with E-state index in [2.05, 4.69) is 36.5 Å². The maximum absolute atomic E-state index is 11.0. The molecule has 1 heterocycles. The fourth-order valence-corrected chi connectivity index (χ4v) is 4.22. The Bertz CT molecular complexity index is 725. The first-order valence-electron chi connectivity index (χ1n) is 9.50. The molecule has 1 aromatic heterocycles. The predicted octanol–water partition coefficient (Wildman–Crippen LogP) is 5.02. The van der Waals surface area contributed by atoms with Crippen LogP contribution in [0.5, 0.6) is 5.75 Å². The molecular weight excluding hydrogens is 356 g/mol. The molecule has 27 heavy (non-hydrogen) atoms. The van der Waals surface area contributed by atoms with Gasteiger partial charge in [-0.15, -0.1) is 0 Å². The van der Waals surface area contributed by atoms with E-state index in [0.29, 0.717) is 11.9 Å². The first-order chi connectivity index (χ1) is 12.7. The zero-order valence-electron chi connectivity index (χ0n) is 17.0. The molecule has 2 aromatic rings. The lowest BCUT2D eigenvalue weighted by Gasteiger charge is -2.23. The largest absolute Gasteiger partial charge is 0.427 e. The van der Waals surface area contributed by atoms with Crippen molar-refractivity contribution >= 4 is 14.3 Å². The lowest BCUT2D eigenvalue weighted by molar-refractivity contribution is -0.131. The minimum Gasteiger partial charge on any atom is -0.427 e. The van der Waals surface area contributed by atoms with Gasteiger partial charge in [0.2, 0.25) is 0 Å². The fraction of sp³-hybridized carbons (Fsp3) is 0.476. The van der Waals surface area contributed by atoms with Crippen LogP contribution in [0.3, 0.4) is 0 Å². The molecule has 5 nitrogen and oxygen atoms in total. The van der Waals surface area contributed by atoms with Crippen molar-refractivity contribution in [2.45, 2.75) is 65.3 Å². The van der Waals surface area contributed by atoms with E-state index in [4.69, 9.17) is 9.16 Å². The van der Waals surface area contributed by atoms with Gasteiger partial charge in [0.1, 0.15) is 11.6 Å². The maximum Gasteiger partial charge on any atom is 0.308 e. The normalized spacial score (nSPS) is 12.6. The van der Waals surface area contributed by atoms with E-state index in [-0.39, 0.29) is 5.97 Å². The van der Waals surface area contributed by atoms with E-state index in [0.717, 1.165) is 42.6 Å². The second-order valence-electron chi connectivity index (χ2n) is 7.79. The van der Waals surface area contributed by atoms with Crippen LogP contribution >= 0.6 is 0 Å². The molecule has 0 aliphatic heterocycles. The first kappa shape index (κ1) is 21.2. The van der Waals surface area contributed by atoms with Gasteiger partial charge < -0.3 is 9.16 Å². The van der Waals surface area contributed by atoms with Gasteiger partial charge in [-0.3, -0.25) is 4.79 Å². The highest BCUT2D eigenvalue weighted by atomic mass is 28.4. The number of carbonyl (C=O) groups excluding carboxylic acids is 1. The fourth-order valence-electron chi connectivity index (χ4n) is 2.89. The summed E-state index contributed by atoms with van der Waals surface area (Å²) in [6.45, 7) is 10.2. The van der Waals surface area contributed by atoms with Gasteiger partial charge in [0.25, 0.3) is 0 Å². The third kappa shape index (κ3) is 8.01. The van der Waals surface area contributed by atoms with Gasteiger partial charge in [0.15, 0.2) is 8.32 Å². The summed E-state index contributed by atoms with van der Waals surface area (Å²) in [6, 6.07) is 7.34. The second kappa shape index (κ2) is 9.76. The molecule has 0 amide bonds. The molecule has 0 radical (unpaired) electrons. The van der Waals surface area contributed by atoms with Crippen LogP contribution in [0.25, 0.3) is 11.1 Å². The predicted molar refractivity (Wildman–Crippen MR) is 110 cm³/mol. The number of nitrogens with zero attached hydrogens (tertiary/aromatic N) is 2. The number of aromatic nitrogens is 2. The van der Waals surface area contributed by atoms with Crippen molar-refractivity contribution in [1.29, 1.82) is 0 Å². The lowest BCUT2D eigenvalue weighted by Crippen LogP contribution is -2.30. The average molecular weight is 387 g/mol. The number of hydrogen-bond acceptors (Lipinski definition) is 5. The van der Waals surface area contributed by atoms with E-state index >= 15 is 0 Å². The van der Waals surface area contributed by atoms with Gasteiger partial charge in [-0.05, 0) is 57.1 Å². The molecule has 0 fully saturated rings. The molecule has 1 unspecified atom stereocenters. The Kier molecular flexibility index (Phi) is 7.68. The number of carbonyl (C=O) groups is 1. The SMILES string of the molecule is CC(=O)Oc1ccc(-c2cnc(CCCCC(C)O[Si](C)(C)C)nc2)cc1. The topological polar surface area (TPSA) is 61.3 Å². The zero-order valence-corrected chi connectivity index (χ0v) is 18.0. The standard InChI is InChI=1S/C21H30N2O3Si/c1-16(26-27(3,4)5)8-6-7-9-21-22-14-19(15-23-21)18-10-12-20(13-11-18)25-17(2)24/h10-16H,6-9H2,1-5H3. The molecule has 2 rings (SSSR count). The summed E-state index contributed by atoms with van der Waals surface area (Å²) in [7, 11) is -1.44. The molecule has 0 saturated heterocycles. The van der Waals surface area contributed by atoms with Gasteiger partial charge in [-0.25, -0.2) is 9.97 Å². The van der Waals surface area contributed by atoms with E-state index in [9.17, 15) is 4.79 Å². The summed E-state index contributed by atoms with van der Waals surface area (Å²) in [5.74, 6) is 1.09. The van der Waals surface area contributed by atoms with Crippen LogP contribution in [-0.2, 0) is 15.6 Å². The average Bonchev–Trinajstić information content (AvgIpc) is 2.58. The van der Waals surface area contributed by atoms with Crippen molar-refractivity contribution in [3.05, 3.63) is 42.5 Å². The van der Waals surface area contributed by atoms with E-state index in [1.807, 2.05) is 24.5 Å². The third-order valence-electron chi connectivity index (χ3n) is 3.97. The highest BCUT2D eigenvalue weighted by Gasteiger charge is 2.17. The highest BCUT2D eigenvalue weighted by molar-refractivity contribution is 6.69. The van der Waals surface area contributed by atoms with Crippen LogP contribution in [0, 0.1) is 0 Å². The Labute approximate surface area is 163 Å². The molecule has 6 heteroatoms. The van der Waals surface area contributed by atoms with Crippen LogP contribution in [0.2, 0.25) is 19.6 Å². The molecular formula is C21H30N2O3Si. The molecule has 0 aliphatic rings. The number of hydrogen-bond donors (Lipinski definition) is 0. The third-order valence-corrected chi connectivity index (χ3v) is 5.08. The van der Waals surface area contributed by atoms with Gasteiger partial charge in [0.05, 0.1) is 0 Å². The summed E-state index contributed by atoms with van der Waals surface area (Å²) in [4.78, 5) is 19.9. The Balaban J connectivity index is 1.80. The van der Waals surface area contributed by atoms with Crippen molar-refractivity contribution in [3.63, 3.8) is 0 Å². The van der Waals surface area contributed by atoms with Crippen molar-refractivity contribution < 1.29 is 14.0 Å². The van der Waals surface area contributed by atoms with Crippen LogP contribution in [0.4, 0.5) is 0 Å². The summed E-state index contributed by atoms with van der Waals surface area (Å²) < 4.78 is 11.1. The van der Waals surface area contributed by atoms with Crippen molar-refractivity contribution in [2.75, 3.05) is 0 Å². The molecule has 0 saturated carbocycles. The zero-order chi connectivity index (χ0) is 19.9. The van der Waals surface area contributed by atoms with E-state index < -0.39 is 8.32 Å². The molecule has 1 atom stereocenters. The quantitative estimate of drug-likeness (QED) is 0.262. The summed E-state index contributed by atoms with van der Waals surface area (Å²) in [5.41, 5.74) is 1.94. The molecule has 0 N–H and O–H groups in total. The van der Waals surface area contributed by atoms with E-state index in [1.165, 1.54) is 6.92 Å². The van der Waals surface area contributed by atoms with Crippen molar-refractivity contribution in [2.24, 2.45) is 0 Å². The van der Waals surface area contributed by atoms with Crippen LogP contribution < -0.4 is 4.74 Å². The molecule has 0 aliphatic carbocycles. The van der Waals surface area contributed by atoms with Crippen molar-refractivity contribution in [1.82, 2.24) is 9.97 Å². The van der Waals surface area contributed by atoms with Crippen LogP contribution in [-0.4, -0.2) is 30.4 Å². The molecule has 0 bridgehead atoms. The Hall–Kier alpha value is -2.05. The van der Waals surface area contributed by atoms with Crippen molar-refractivity contribution in [3.8, 4) is 16.9 Å². The number of aryl methyl sites for hydroxylation is 1. The number of ether oxygens (including phenoxy) is 1. The van der Waals surface area contributed by atoms with Crippen LogP contribution in [0.1, 0.15) is 38.9 Å². The Morgan fingerprint density at radius 3 is 2.22 bits per heavy atom. The second-order valence-corrected chi connectivity index (χ2v) is 12.3. The minimum atomic E-state index is -1.44. The van der Waals surface area contributed by atoms with Crippen LogP contribution in [0.15, 0.2) is 36.7 Å². The van der Waals surface area contributed by atoms with Gasteiger partial charge >= 0.3 is 5.97 Å². The van der Waals surface area contributed by atoms with Gasteiger partial charge in [-0.2, -0.15) is 0 Å². The number of unbranched alkanes of at least 4 members (excludes halogenated alkanes) is 1. The number of rotatable bonds is 9. The molecule has 1 aromatic carbocycles. The summed E-state index contributed by atoms with van der Waals surface area (Å²) in [5, 5.41) is 0. The first-order valence-corrected chi connectivity index (χ1v) is 12.9. The molecule has 146 valence electrons. The Morgan fingerprint density at radius 2 is 1.67 bits per heavy atom.